The van der Waals surface area contributed by atoms with Crippen molar-refractivity contribution in [3.05, 3.63) is 137 Å². The summed E-state index contributed by atoms with van der Waals surface area (Å²) >= 11 is 4.25. The van der Waals surface area contributed by atoms with Gasteiger partial charge in [0.25, 0.3) is 11.8 Å². The third-order valence-corrected chi connectivity index (χ3v) is 11.3. The first-order valence-corrected chi connectivity index (χ1v) is 20.0. The lowest BCUT2D eigenvalue weighted by Crippen LogP contribution is -2.39. The number of anilines is 3. The minimum absolute atomic E-state index is 0.00231. The molecule has 12 nitrogen and oxygen atoms in total. The van der Waals surface area contributed by atoms with E-state index in [-0.39, 0.29) is 71.2 Å². The molecule has 0 aliphatic carbocycles. The number of nitrogens with zero attached hydrogens (tertiary/aromatic N) is 8. The molecule has 9 rings (SSSR count). The van der Waals surface area contributed by atoms with Crippen LogP contribution in [0.4, 0.5) is 47.9 Å². The number of alkyl halides is 6. The van der Waals surface area contributed by atoms with Gasteiger partial charge >= 0.3 is 12.4 Å². The third-order valence-electron chi connectivity index (χ3n) is 9.89. The zero-order chi connectivity index (χ0) is 43.5. The number of halogens is 9. The van der Waals surface area contributed by atoms with Gasteiger partial charge in [-0.1, -0.05) is 5.16 Å². The van der Waals surface area contributed by atoms with E-state index in [1.54, 1.807) is 42.5 Å². The molecule has 310 valence electrons. The molecule has 0 spiro atoms. The lowest BCUT2D eigenvalue weighted by atomic mass is 10.0. The van der Waals surface area contributed by atoms with Gasteiger partial charge in [0.15, 0.2) is 22.8 Å². The van der Waals surface area contributed by atoms with Crippen molar-refractivity contribution in [2.24, 2.45) is 0 Å². The fourth-order valence-corrected chi connectivity index (χ4v) is 7.81. The van der Waals surface area contributed by atoms with Gasteiger partial charge in [0.05, 0.1) is 22.3 Å². The lowest BCUT2D eigenvalue weighted by Gasteiger charge is -2.28. The van der Waals surface area contributed by atoms with E-state index in [1.807, 2.05) is 12.1 Å². The Morgan fingerprint density at radius 2 is 1.11 bits per heavy atom. The van der Waals surface area contributed by atoms with Gasteiger partial charge in [-0.25, -0.2) is 13.8 Å². The molecule has 0 fully saturated rings. The molecule has 0 unspecified atom stereocenters. The maximum atomic E-state index is 13.7. The summed E-state index contributed by atoms with van der Waals surface area (Å²) < 4.78 is 104. The first-order chi connectivity index (χ1) is 28.9. The van der Waals surface area contributed by atoms with Gasteiger partial charge in [0.1, 0.15) is 23.3 Å². The van der Waals surface area contributed by atoms with Crippen molar-refractivity contribution in [2.45, 2.75) is 25.2 Å². The van der Waals surface area contributed by atoms with Crippen molar-refractivity contribution >= 4 is 85.2 Å². The molecule has 5 heterocycles. The largest absolute Gasteiger partial charge is 0.435 e. The first kappa shape index (κ1) is 41.7. The summed E-state index contributed by atoms with van der Waals surface area (Å²) in [6.07, 6.45) is -9.48. The second-order valence-electron chi connectivity index (χ2n) is 13.6. The summed E-state index contributed by atoms with van der Waals surface area (Å²) in [5.74, 6) is -1.92. The number of benzene rings is 4. The van der Waals surface area contributed by atoms with Gasteiger partial charge in [-0.15, -0.1) is 0 Å². The van der Waals surface area contributed by atoms with Crippen LogP contribution in [0.15, 0.2) is 89.5 Å². The van der Waals surface area contributed by atoms with Crippen molar-refractivity contribution in [2.75, 3.05) is 28.6 Å². The maximum Gasteiger partial charge on any atom is 0.435 e. The highest BCUT2D eigenvalue weighted by Crippen LogP contribution is 2.39. The van der Waals surface area contributed by atoms with Crippen LogP contribution in [0.2, 0.25) is 0 Å². The van der Waals surface area contributed by atoms with Crippen LogP contribution in [0.25, 0.3) is 22.3 Å². The Bertz CT molecular complexity index is 2920. The molecule has 2 N–H and O–H groups in total. The Morgan fingerprint density at radius 3 is 1.57 bits per heavy atom. The molecular formula is C40H24F7I2N9O3. The van der Waals surface area contributed by atoms with Crippen molar-refractivity contribution in [1.82, 2.24) is 24.7 Å². The van der Waals surface area contributed by atoms with Crippen molar-refractivity contribution in [3.8, 4) is 17.4 Å². The average molecular weight is 1070 g/mol. The monoisotopic (exact) mass is 1060 g/mol. The molecule has 7 aromatic rings. The van der Waals surface area contributed by atoms with E-state index in [0.29, 0.717) is 22.3 Å². The zero-order valence-electron chi connectivity index (χ0n) is 30.7. The standard InChI is InChI=1S/C20H11F4IN4O.C20H13F3IN5O2/c21-16-6-5-14(9-11(16)10-26)29-17-15(18(27-29)20(22,23)24)7-8-28(19(17)30)13-3-1-12(25)2-4-13;21-20(22,23)17-13-7-8-28(11-3-1-10(24)2-4-11)19(30)16(13)29(26-17)12-5-6-15-14(9-12)18(25)27-31-15/h1-6,9H,7-8H2;1-6,9H,7-8H2,(H2,25,27). The van der Waals surface area contributed by atoms with E-state index in [4.69, 9.17) is 15.5 Å². The second kappa shape index (κ2) is 15.8. The summed E-state index contributed by atoms with van der Waals surface area (Å²) in [6.45, 7) is 0.187. The molecule has 0 saturated carbocycles. The molecular weight excluding hydrogens is 1040 g/mol. The summed E-state index contributed by atoms with van der Waals surface area (Å²) in [6, 6.07) is 23.6. The SMILES string of the molecule is N#Cc1cc(-n2nc(C(F)(F)F)c3c2C(=O)N(c2ccc(I)cc2)CC3)ccc1F.Nc1noc2ccc(-n3nc(C(F)(F)F)c4c3C(=O)N(c3ccc(I)cc3)CC4)cc12. The second-order valence-corrected chi connectivity index (χ2v) is 16.1. The van der Waals surface area contributed by atoms with E-state index < -0.39 is 41.4 Å². The van der Waals surface area contributed by atoms with Crippen LogP contribution in [-0.4, -0.2) is 49.6 Å². The number of carbonyl (C=O) groups excluding carboxylic acids is 2. The summed E-state index contributed by atoms with van der Waals surface area (Å²) in [7, 11) is 0. The molecule has 3 aromatic heterocycles. The Kier molecular flexibility index (Phi) is 10.8. The first-order valence-electron chi connectivity index (χ1n) is 17.8. The van der Waals surface area contributed by atoms with E-state index in [9.17, 15) is 40.3 Å². The number of nitriles is 1. The molecule has 0 saturated heterocycles. The Hall–Kier alpha value is -6.03. The maximum absolute atomic E-state index is 13.7. The molecule has 0 radical (unpaired) electrons. The fraction of sp³-hybridized carbons (Fsp3) is 0.150. The predicted octanol–water partition coefficient (Wildman–Crippen LogP) is 9.13. The van der Waals surface area contributed by atoms with Crippen molar-refractivity contribution in [3.63, 3.8) is 0 Å². The molecule has 2 aliphatic rings. The van der Waals surface area contributed by atoms with Gasteiger partial charge in [0, 0.05) is 42.7 Å². The number of hydrogen-bond donors (Lipinski definition) is 1. The van der Waals surface area contributed by atoms with Crippen LogP contribution >= 0.6 is 45.2 Å². The number of nitrogens with two attached hydrogens (primary N) is 1. The molecule has 2 aliphatic heterocycles. The highest BCUT2D eigenvalue weighted by molar-refractivity contribution is 14.1. The molecule has 0 atom stereocenters. The lowest BCUT2D eigenvalue weighted by molar-refractivity contribution is -0.142. The number of rotatable bonds is 4. The molecule has 21 heteroatoms. The zero-order valence-corrected chi connectivity index (χ0v) is 35.0. The van der Waals surface area contributed by atoms with E-state index in [1.165, 1.54) is 34.1 Å². The average Bonchev–Trinajstić information content (AvgIpc) is 3.94. The van der Waals surface area contributed by atoms with Crippen LogP contribution in [0.5, 0.6) is 0 Å². The number of fused-ring (bicyclic) bond motifs is 3. The normalized spacial score (nSPS) is 14.1. The van der Waals surface area contributed by atoms with Crippen molar-refractivity contribution in [1.29, 1.82) is 5.26 Å². The van der Waals surface area contributed by atoms with E-state index >= 15 is 0 Å². The van der Waals surface area contributed by atoms with Crippen LogP contribution in [0, 0.1) is 24.3 Å². The van der Waals surface area contributed by atoms with E-state index in [0.717, 1.165) is 28.6 Å². The van der Waals surface area contributed by atoms with Gasteiger partial charge in [-0.2, -0.15) is 41.8 Å². The van der Waals surface area contributed by atoms with Gasteiger partial charge in [0.2, 0.25) is 0 Å². The van der Waals surface area contributed by atoms with Gasteiger partial charge in [-0.3, -0.25) is 9.59 Å². The number of amides is 2. The number of carbonyl (C=O) groups is 2. The molecule has 2 amide bonds. The summed E-state index contributed by atoms with van der Waals surface area (Å²) in [5.41, 5.74) is 4.31. The van der Waals surface area contributed by atoms with Gasteiger partial charge < -0.3 is 20.1 Å². The minimum atomic E-state index is -4.77. The summed E-state index contributed by atoms with van der Waals surface area (Å²) in [5, 5.41) is 20.6. The van der Waals surface area contributed by atoms with Crippen LogP contribution < -0.4 is 15.5 Å². The smallest absolute Gasteiger partial charge is 0.380 e. The Morgan fingerprint density at radius 1 is 0.672 bits per heavy atom. The van der Waals surface area contributed by atoms with Crippen LogP contribution in [-0.2, 0) is 25.2 Å². The predicted molar refractivity (Wildman–Crippen MR) is 223 cm³/mol. The fourth-order valence-electron chi connectivity index (χ4n) is 7.09. The number of nitrogen functional groups attached to an aromatic ring is 1. The Labute approximate surface area is 366 Å². The van der Waals surface area contributed by atoms with Crippen LogP contribution in [0.3, 0.4) is 0 Å². The highest BCUT2D eigenvalue weighted by Gasteiger charge is 2.45. The molecule has 61 heavy (non-hydrogen) atoms. The topological polar surface area (TPSA) is 152 Å². The third kappa shape index (κ3) is 7.77. The quantitative estimate of drug-likeness (QED) is 0.135. The summed E-state index contributed by atoms with van der Waals surface area (Å²) in [4.78, 5) is 29.4. The van der Waals surface area contributed by atoms with Crippen LogP contribution in [0.1, 0.15) is 49.1 Å². The number of aromatic nitrogens is 5. The molecule has 4 aromatic carbocycles. The Balaban J connectivity index is 0.000000169. The number of hydrogen-bond acceptors (Lipinski definition) is 8. The molecule has 0 bridgehead atoms. The minimum Gasteiger partial charge on any atom is -0.380 e. The highest BCUT2D eigenvalue weighted by atomic mass is 127. The van der Waals surface area contributed by atoms with Crippen molar-refractivity contribution < 1.29 is 44.8 Å². The van der Waals surface area contributed by atoms with E-state index in [2.05, 4.69) is 60.5 Å². The van der Waals surface area contributed by atoms with Gasteiger partial charge in [-0.05, 0) is 143 Å².